The number of rotatable bonds is 25. The Morgan fingerprint density at radius 1 is 0.821 bits per heavy atom. The second kappa shape index (κ2) is 25.5. The summed E-state index contributed by atoms with van der Waals surface area (Å²) in [6, 6.07) is 31.2. The number of aryl methyl sites for hydroxylation is 2. The van der Waals surface area contributed by atoms with Crippen molar-refractivity contribution in [2.24, 2.45) is 0 Å². The molecule has 0 saturated heterocycles. The zero-order chi connectivity index (χ0) is 60.0. The second-order valence-electron chi connectivity index (χ2n) is 22.9. The molecule has 0 fully saturated rings. The average molecular weight is 1180 g/mol. The highest BCUT2D eigenvalue weighted by Gasteiger charge is 2.44. The average Bonchev–Trinajstić information content (AvgIpc) is 3.33. The van der Waals surface area contributed by atoms with Crippen LogP contribution in [0.25, 0.3) is 11.0 Å². The van der Waals surface area contributed by atoms with Crippen LogP contribution < -0.4 is 26.2 Å². The number of H-pyrrole nitrogens is 2. The van der Waals surface area contributed by atoms with Gasteiger partial charge in [-0.1, -0.05) is 80.6 Å². The first-order valence-electron chi connectivity index (χ1n) is 28.5. The molecular weight excluding hydrogens is 1110 g/mol. The maximum absolute atomic E-state index is 13.5. The van der Waals surface area contributed by atoms with Gasteiger partial charge in [0.25, 0.3) is 21.6 Å². The van der Waals surface area contributed by atoms with Crippen molar-refractivity contribution in [3.05, 3.63) is 194 Å². The van der Waals surface area contributed by atoms with Crippen molar-refractivity contribution in [2.45, 2.75) is 122 Å². The number of nitrogens with one attached hydrogen (secondary N) is 3. The number of anilines is 2. The fraction of sp³-hybridized carbons (Fsp3) is 0.359. The van der Waals surface area contributed by atoms with E-state index >= 15 is 0 Å². The Morgan fingerprint density at radius 2 is 1.51 bits per heavy atom. The van der Waals surface area contributed by atoms with E-state index in [2.05, 4.69) is 106 Å². The Hall–Kier alpha value is -7.91. The van der Waals surface area contributed by atoms with Crippen molar-refractivity contribution in [2.75, 3.05) is 35.2 Å². The van der Waals surface area contributed by atoms with E-state index < -0.39 is 54.7 Å². The summed E-state index contributed by atoms with van der Waals surface area (Å²) in [5.74, 6) is -1.23. The van der Waals surface area contributed by atoms with Crippen LogP contribution >= 0.6 is 0 Å². The monoisotopic (exact) mass is 1180 g/mol. The predicted octanol–water partition coefficient (Wildman–Crippen LogP) is 9.88. The Labute approximate surface area is 490 Å². The van der Waals surface area contributed by atoms with Gasteiger partial charge in [-0.05, 0) is 154 Å². The molecule has 0 bridgehead atoms. The van der Waals surface area contributed by atoms with Gasteiger partial charge in [0.15, 0.2) is 5.71 Å². The Bertz CT molecular complexity index is 3910. The number of nitrogen functional groups attached to an aromatic ring is 1. The van der Waals surface area contributed by atoms with Gasteiger partial charge in [-0.15, -0.1) is 0 Å². The molecule has 6 aromatic rings. The summed E-state index contributed by atoms with van der Waals surface area (Å²) < 4.78 is 76.5. The van der Waals surface area contributed by atoms with Gasteiger partial charge in [-0.3, -0.25) is 19.1 Å². The molecule has 9 rings (SSSR count). The highest BCUT2D eigenvalue weighted by molar-refractivity contribution is 7.85. The van der Waals surface area contributed by atoms with Gasteiger partial charge in [0.2, 0.25) is 11.6 Å². The van der Waals surface area contributed by atoms with Gasteiger partial charge < -0.3 is 35.3 Å². The van der Waals surface area contributed by atoms with E-state index in [9.17, 15) is 45.4 Å². The number of carbonyl (C=O) groups is 2. The zero-order valence-electron chi connectivity index (χ0n) is 47.8. The van der Waals surface area contributed by atoms with Crippen molar-refractivity contribution in [1.82, 2.24) is 20.3 Å². The minimum atomic E-state index is -4.36. The molecule has 2 aliphatic heterocycles. The third-order valence-electron chi connectivity index (χ3n) is 16.2. The van der Waals surface area contributed by atoms with E-state index in [1.54, 1.807) is 42.5 Å². The Kier molecular flexibility index (Phi) is 18.4. The number of allylic oxidation sites excluding steroid dienone is 7. The molecule has 1 aliphatic carbocycles. The van der Waals surface area contributed by atoms with Crippen molar-refractivity contribution >= 4 is 66.2 Å². The molecule has 2 aromatic heterocycles. The molecule has 4 heterocycles. The van der Waals surface area contributed by atoms with Crippen LogP contribution in [-0.4, -0.2) is 98.8 Å². The highest BCUT2D eigenvalue weighted by Crippen LogP contribution is 2.48. The number of aromatic amines is 2. The van der Waals surface area contributed by atoms with Crippen molar-refractivity contribution in [3.63, 3.8) is 0 Å². The highest BCUT2D eigenvalue weighted by atomic mass is 32.2. The lowest BCUT2D eigenvalue weighted by Gasteiger charge is -2.28. The number of carboxylic acid groups (broad SMARTS) is 1. The fourth-order valence-electron chi connectivity index (χ4n) is 11.8. The van der Waals surface area contributed by atoms with Gasteiger partial charge in [-0.25, -0.2) is 13.2 Å². The molecule has 4 aromatic carbocycles. The molecule has 0 spiro atoms. The van der Waals surface area contributed by atoms with Crippen molar-refractivity contribution in [3.8, 4) is 5.75 Å². The number of hydrogen-bond donors (Lipinski definition) is 6. The lowest BCUT2D eigenvalue weighted by Crippen LogP contribution is -2.42. The number of aromatic nitrogens is 3. The third kappa shape index (κ3) is 14.5. The van der Waals surface area contributed by atoms with Gasteiger partial charge >= 0.3 is 5.97 Å². The van der Waals surface area contributed by atoms with Crippen LogP contribution in [0.3, 0.4) is 0 Å². The van der Waals surface area contributed by atoms with Crippen LogP contribution in [0.15, 0.2) is 155 Å². The van der Waals surface area contributed by atoms with E-state index in [-0.39, 0.29) is 30.1 Å². The van der Waals surface area contributed by atoms with Crippen LogP contribution in [0.1, 0.15) is 124 Å². The number of benzene rings is 4. The number of amides is 1. The van der Waals surface area contributed by atoms with Crippen LogP contribution in [-0.2, 0) is 55.1 Å². The third-order valence-corrected chi connectivity index (χ3v) is 17.7. The standard InChI is InChI=1S/C64H73N7O11S2/c1-63(2)50-20-7-9-22-53(50)70(36-11-13-38-83(76,77)78)55(63)34-30-44-17-15-18-45(31-35-56-64(3,4)51-21-8-10-23-54(51)71(56)37-12-14-39-84(79,80)81)57(44)82-48-32-26-43(27-33-48)40-52(61(74)75)67-59(72)46-28-24-42(25-29-46)16-5-6-19-47-41-49-58(66-47)68-62(65)69-60(49)73/h7-10,20-35,41,52H,5-6,11-19,36-40H2,1-4H3,(H7-,65,66,67,68,69,72,73,74,75,76,77,78,79,80,81)/t52-/m0/s1. The first-order chi connectivity index (χ1) is 39.9. The number of carboxylic acids is 1. The van der Waals surface area contributed by atoms with Crippen LogP contribution in [0, 0.1) is 0 Å². The molecule has 84 heavy (non-hydrogen) atoms. The molecule has 1 amide bonds. The van der Waals surface area contributed by atoms with Crippen molar-refractivity contribution < 1.29 is 49.9 Å². The summed E-state index contributed by atoms with van der Waals surface area (Å²) in [5, 5.41) is 13.5. The Morgan fingerprint density at radius 3 is 2.24 bits per heavy atom. The topological polar surface area (TPSA) is 281 Å². The number of aliphatic carboxylic acids is 1. The summed E-state index contributed by atoms with van der Waals surface area (Å²) >= 11 is 0. The molecular formula is C64H73N7O11S2. The van der Waals surface area contributed by atoms with Gasteiger partial charge in [0.05, 0.1) is 26.7 Å². The lowest BCUT2D eigenvalue weighted by molar-refractivity contribution is -0.438. The van der Waals surface area contributed by atoms with Crippen molar-refractivity contribution in [1.29, 1.82) is 0 Å². The number of fused-ring (bicyclic) bond motifs is 3. The molecule has 20 heteroatoms. The first kappa shape index (κ1) is 60.7. The number of nitrogens with zero attached hydrogens (tertiary/aromatic N) is 3. The number of para-hydroxylation sites is 2. The summed E-state index contributed by atoms with van der Waals surface area (Å²) in [4.78, 5) is 50.4. The smallest absolute Gasteiger partial charge is 0.326 e. The SMILES string of the molecule is CC1(C)C(/C=C/C2=C(Oc3ccc(C[C@H](NC(=O)c4ccc(CCCCc5cc6c(=O)[nH]c(N)nc6[nH]5)cc4)C(=O)O)cc3)C(=C/C=C3/N(CCCCS(=O)(=O)[O-])c4ccccc4C3(C)C)/CCC2)=[N+](CCCCS(=O)(=O)O)c2ccccc21. The summed E-state index contributed by atoms with van der Waals surface area (Å²) in [7, 11) is -8.47. The van der Waals surface area contributed by atoms with Gasteiger partial charge in [-0.2, -0.15) is 18.0 Å². The minimum Gasteiger partial charge on any atom is -0.748 e. The van der Waals surface area contributed by atoms with E-state index in [0.29, 0.717) is 85.3 Å². The lowest BCUT2D eigenvalue weighted by atomic mass is 9.81. The molecule has 0 saturated carbocycles. The van der Waals surface area contributed by atoms with E-state index in [1.165, 1.54) is 0 Å². The number of ether oxygens (including phenoxy) is 1. The normalized spacial score (nSPS) is 17.1. The Balaban J connectivity index is 0.947. The maximum atomic E-state index is 13.5. The molecule has 18 nitrogen and oxygen atoms in total. The van der Waals surface area contributed by atoms with Gasteiger partial charge in [0, 0.05) is 70.9 Å². The predicted molar refractivity (Wildman–Crippen MR) is 326 cm³/mol. The zero-order valence-corrected chi connectivity index (χ0v) is 49.5. The largest absolute Gasteiger partial charge is 0.748 e. The van der Waals surface area contributed by atoms with Crippen LogP contribution in [0.5, 0.6) is 5.75 Å². The second-order valence-corrected chi connectivity index (χ2v) is 26.0. The quantitative estimate of drug-likeness (QED) is 0.0177. The van der Waals surface area contributed by atoms with Gasteiger partial charge in [0.1, 0.15) is 29.7 Å². The number of carbonyl (C=O) groups excluding carboxylic acids is 1. The number of unbranched alkanes of at least 4 members (excludes halogenated alkanes) is 3. The van der Waals surface area contributed by atoms with Crippen LogP contribution in [0.4, 0.5) is 17.3 Å². The molecule has 3 aliphatic rings. The summed E-state index contributed by atoms with van der Waals surface area (Å²) in [5.41, 5.74) is 16.1. The van der Waals surface area contributed by atoms with E-state index in [0.717, 1.165) is 82.0 Å². The first-order valence-corrected chi connectivity index (χ1v) is 31.7. The summed E-state index contributed by atoms with van der Waals surface area (Å²) in [6.45, 7) is 9.69. The van der Waals surface area contributed by atoms with E-state index in [4.69, 9.17) is 10.5 Å². The maximum Gasteiger partial charge on any atom is 0.326 e. The van der Waals surface area contributed by atoms with Crippen LogP contribution in [0.2, 0.25) is 0 Å². The molecule has 442 valence electrons. The summed E-state index contributed by atoms with van der Waals surface area (Å²) in [6.07, 6.45) is 15.3. The van der Waals surface area contributed by atoms with E-state index in [1.807, 2.05) is 36.4 Å². The number of hydrogen-bond acceptors (Lipinski definition) is 12. The molecule has 7 N–H and O–H groups in total. The molecule has 1 atom stereocenters. The number of nitrogens with two attached hydrogens (primary N) is 1. The molecule has 0 unspecified atom stereocenters. The molecule has 0 radical (unpaired) electrons. The minimum absolute atomic E-state index is 0.00747. The fourth-order valence-corrected chi connectivity index (χ4v) is 12.9.